The summed E-state index contributed by atoms with van der Waals surface area (Å²) in [5, 5.41) is 0.330. The van der Waals surface area contributed by atoms with Crippen LogP contribution >= 0.6 is 11.6 Å². The Morgan fingerprint density at radius 2 is 2.18 bits per heavy atom. The highest BCUT2D eigenvalue weighted by atomic mass is 35.5. The Balaban J connectivity index is 2.18. The van der Waals surface area contributed by atoms with Crippen molar-refractivity contribution in [1.29, 1.82) is 0 Å². The van der Waals surface area contributed by atoms with E-state index >= 15 is 0 Å². The molecule has 0 spiro atoms. The third kappa shape index (κ3) is 2.86. The molecule has 1 aliphatic rings. The summed E-state index contributed by atoms with van der Waals surface area (Å²) in [5.74, 6) is -0.0195. The molecule has 2 atom stereocenters. The summed E-state index contributed by atoms with van der Waals surface area (Å²) in [6, 6.07) is 4.28. The van der Waals surface area contributed by atoms with Crippen LogP contribution in [0.3, 0.4) is 0 Å². The number of Topliss-reactive ketones (excluding diaryl/α,β-unsaturated/α-hetero) is 1. The van der Waals surface area contributed by atoms with E-state index in [1.807, 2.05) is 0 Å². The van der Waals surface area contributed by atoms with Crippen molar-refractivity contribution in [2.45, 2.75) is 32.6 Å². The van der Waals surface area contributed by atoms with Crippen LogP contribution in [0.25, 0.3) is 0 Å². The maximum absolute atomic E-state index is 13.6. The second-order valence-electron chi connectivity index (χ2n) is 4.96. The van der Waals surface area contributed by atoms with E-state index in [9.17, 15) is 9.18 Å². The van der Waals surface area contributed by atoms with Crippen molar-refractivity contribution in [3.63, 3.8) is 0 Å². The van der Waals surface area contributed by atoms with Gasteiger partial charge in [0.1, 0.15) is 5.82 Å². The van der Waals surface area contributed by atoms with Crippen LogP contribution in [0, 0.1) is 17.7 Å². The molecule has 92 valence electrons. The van der Waals surface area contributed by atoms with Gasteiger partial charge >= 0.3 is 0 Å². The summed E-state index contributed by atoms with van der Waals surface area (Å²) in [6.07, 6.45) is 3.99. The van der Waals surface area contributed by atoms with Crippen LogP contribution in [-0.4, -0.2) is 5.78 Å². The molecule has 1 aromatic carbocycles. The molecule has 0 aromatic heterocycles. The van der Waals surface area contributed by atoms with Crippen molar-refractivity contribution in [3.8, 4) is 0 Å². The van der Waals surface area contributed by atoms with Crippen LogP contribution in [0.1, 0.15) is 43.0 Å². The van der Waals surface area contributed by atoms with E-state index in [1.165, 1.54) is 18.6 Å². The van der Waals surface area contributed by atoms with Crippen molar-refractivity contribution in [3.05, 3.63) is 34.6 Å². The van der Waals surface area contributed by atoms with Crippen LogP contribution in [-0.2, 0) is 0 Å². The Morgan fingerprint density at radius 1 is 1.41 bits per heavy atom. The van der Waals surface area contributed by atoms with E-state index in [2.05, 4.69) is 6.92 Å². The summed E-state index contributed by atoms with van der Waals surface area (Å²) in [6.45, 7) is 2.15. The van der Waals surface area contributed by atoms with Gasteiger partial charge in [-0.15, -0.1) is 0 Å². The van der Waals surface area contributed by atoms with E-state index in [1.54, 1.807) is 6.07 Å². The van der Waals surface area contributed by atoms with Gasteiger partial charge in [-0.05, 0) is 37.0 Å². The smallest absolute Gasteiger partial charge is 0.168 e. The number of halogens is 2. The molecule has 1 fully saturated rings. The monoisotopic (exact) mass is 254 g/mol. The number of hydrogen-bond donors (Lipinski definition) is 0. The Labute approximate surface area is 106 Å². The van der Waals surface area contributed by atoms with Gasteiger partial charge in [0.15, 0.2) is 5.78 Å². The average molecular weight is 255 g/mol. The third-order valence-electron chi connectivity index (χ3n) is 3.50. The Bertz CT molecular complexity index is 430. The van der Waals surface area contributed by atoms with Crippen LogP contribution in [0.2, 0.25) is 5.02 Å². The van der Waals surface area contributed by atoms with Crippen molar-refractivity contribution in [1.82, 2.24) is 0 Å². The van der Waals surface area contributed by atoms with E-state index in [0.29, 0.717) is 10.9 Å². The lowest BCUT2D eigenvalue weighted by Crippen LogP contribution is -2.22. The van der Waals surface area contributed by atoms with Crippen molar-refractivity contribution < 1.29 is 9.18 Å². The largest absolute Gasteiger partial charge is 0.294 e. The Kier molecular flexibility index (Phi) is 3.82. The fourth-order valence-corrected chi connectivity index (χ4v) is 2.74. The molecule has 2 unspecified atom stereocenters. The summed E-state index contributed by atoms with van der Waals surface area (Å²) in [5.41, 5.74) is 0.188. The standard InChI is InChI=1S/C14H16ClFO/c1-9-3-2-4-10(7-9)14(17)12-6-5-11(15)8-13(12)16/h5-6,8-10H,2-4,7H2,1H3. The summed E-state index contributed by atoms with van der Waals surface area (Å²) >= 11 is 5.68. The zero-order valence-electron chi connectivity index (χ0n) is 9.88. The number of rotatable bonds is 2. The molecule has 17 heavy (non-hydrogen) atoms. The minimum Gasteiger partial charge on any atom is -0.294 e. The minimum atomic E-state index is -0.499. The average Bonchev–Trinajstić information content (AvgIpc) is 2.28. The lowest BCUT2D eigenvalue weighted by molar-refractivity contribution is 0.0864. The quantitative estimate of drug-likeness (QED) is 0.711. The topological polar surface area (TPSA) is 17.1 Å². The molecule has 0 radical (unpaired) electrons. The van der Waals surface area contributed by atoms with Crippen LogP contribution in [0.4, 0.5) is 4.39 Å². The van der Waals surface area contributed by atoms with Gasteiger partial charge in [0.2, 0.25) is 0 Å². The van der Waals surface area contributed by atoms with E-state index < -0.39 is 5.82 Å². The van der Waals surface area contributed by atoms with Gasteiger partial charge in [-0.2, -0.15) is 0 Å². The normalized spacial score (nSPS) is 24.6. The SMILES string of the molecule is CC1CCCC(C(=O)c2ccc(Cl)cc2F)C1. The van der Waals surface area contributed by atoms with Gasteiger partial charge < -0.3 is 0 Å². The minimum absolute atomic E-state index is 0.0191. The maximum Gasteiger partial charge on any atom is 0.168 e. The molecule has 3 heteroatoms. The second-order valence-corrected chi connectivity index (χ2v) is 5.39. The molecular weight excluding hydrogens is 239 g/mol. The number of carbonyl (C=O) groups is 1. The molecule has 1 nitrogen and oxygen atoms in total. The third-order valence-corrected chi connectivity index (χ3v) is 3.74. The fourth-order valence-electron chi connectivity index (χ4n) is 2.58. The zero-order chi connectivity index (χ0) is 12.4. The molecular formula is C14H16ClFO. The predicted molar refractivity (Wildman–Crippen MR) is 66.9 cm³/mol. The highest BCUT2D eigenvalue weighted by Crippen LogP contribution is 2.31. The van der Waals surface area contributed by atoms with Gasteiger partial charge in [0.25, 0.3) is 0 Å². The zero-order valence-corrected chi connectivity index (χ0v) is 10.6. The molecule has 0 bridgehead atoms. The highest BCUT2D eigenvalue weighted by Gasteiger charge is 2.27. The molecule has 0 heterocycles. The lowest BCUT2D eigenvalue weighted by atomic mass is 9.79. The molecule has 0 saturated heterocycles. The van der Waals surface area contributed by atoms with Gasteiger partial charge in [0, 0.05) is 10.9 Å². The van der Waals surface area contributed by atoms with Crippen molar-refractivity contribution in [2.75, 3.05) is 0 Å². The van der Waals surface area contributed by atoms with Gasteiger partial charge in [0.05, 0.1) is 5.56 Å². The van der Waals surface area contributed by atoms with Crippen molar-refractivity contribution >= 4 is 17.4 Å². The van der Waals surface area contributed by atoms with Crippen molar-refractivity contribution in [2.24, 2.45) is 11.8 Å². The number of hydrogen-bond acceptors (Lipinski definition) is 1. The number of carbonyl (C=O) groups excluding carboxylic acids is 1. The maximum atomic E-state index is 13.6. The van der Waals surface area contributed by atoms with Gasteiger partial charge in [-0.3, -0.25) is 4.79 Å². The first-order valence-electron chi connectivity index (χ1n) is 6.07. The number of ketones is 1. The molecule has 0 amide bonds. The Hall–Kier alpha value is -0.890. The fraction of sp³-hybridized carbons (Fsp3) is 0.500. The summed E-state index contributed by atoms with van der Waals surface area (Å²) < 4.78 is 13.6. The second kappa shape index (κ2) is 5.18. The number of benzene rings is 1. The van der Waals surface area contributed by atoms with Crippen LogP contribution in [0.5, 0.6) is 0 Å². The predicted octanol–water partition coefficient (Wildman–Crippen LogP) is 4.49. The molecule has 1 saturated carbocycles. The molecule has 0 N–H and O–H groups in total. The molecule has 1 aliphatic carbocycles. The lowest BCUT2D eigenvalue weighted by Gasteiger charge is -2.25. The molecule has 2 rings (SSSR count). The Morgan fingerprint density at radius 3 is 2.82 bits per heavy atom. The van der Waals surface area contributed by atoms with E-state index in [0.717, 1.165) is 19.3 Å². The van der Waals surface area contributed by atoms with E-state index in [-0.39, 0.29) is 17.3 Å². The molecule has 0 aliphatic heterocycles. The highest BCUT2D eigenvalue weighted by molar-refractivity contribution is 6.30. The summed E-state index contributed by atoms with van der Waals surface area (Å²) in [7, 11) is 0. The van der Waals surface area contributed by atoms with E-state index in [4.69, 9.17) is 11.6 Å². The van der Waals surface area contributed by atoms with Gasteiger partial charge in [-0.25, -0.2) is 4.39 Å². The van der Waals surface area contributed by atoms with Crippen LogP contribution < -0.4 is 0 Å². The molecule has 1 aromatic rings. The van der Waals surface area contributed by atoms with Gasteiger partial charge in [-0.1, -0.05) is 31.4 Å². The van der Waals surface area contributed by atoms with Crippen LogP contribution in [0.15, 0.2) is 18.2 Å². The first-order chi connectivity index (χ1) is 8.08. The first kappa shape index (κ1) is 12.6. The first-order valence-corrected chi connectivity index (χ1v) is 6.45. The summed E-state index contributed by atoms with van der Waals surface area (Å²) in [4.78, 5) is 12.2.